The minimum absolute atomic E-state index is 0.113. The van der Waals surface area contributed by atoms with Crippen molar-refractivity contribution in [2.24, 2.45) is 0 Å². The van der Waals surface area contributed by atoms with E-state index in [1.54, 1.807) is 0 Å². The number of carboxylic acids is 1. The van der Waals surface area contributed by atoms with Gasteiger partial charge in [-0.3, -0.25) is 19.8 Å². The summed E-state index contributed by atoms with van der Waals surface area (Å²) in [6.07, 6.45) is 0. The third-order valence-electron chi connectivity index (χ3n) is 1.82. The van der Waals surface area contributed by atoms with Gasteiger partial charge < -0.3 is 10.1 Å². The number of rotatable bonds is 1. The van der Waals surface area contributed by atoms with Crippen molar-refractivity contribution in [3.63, 3.8) is 0 Å². The van der Waals surface area contributed by atoms with Gasteiger partial charge in [0.2, 0.25) is 0 Å². The van der Waals surface area contributed by atoms with Crippen LogP contribution >= 0.6 is 0 Å². The van der Waals surface area contributed by atoms with Crippen LogP contribution in [0.25, 0.3) is 11.0 Å². The number of aromatic nitrogens is 3. The fourth-order valence-corrected chi connectivity index (χ4v) is 1.15. The molecule has 2 aromatic rings. The molecule has 0 unspecified atom stereocenters. The van der Waals surface area contributed by atoms with Gasteiger partial charge in [0, 0.05) is 0 Å². The van der Waals surface area contributed by atoms with Crippen LogP contribution in [0, 0.1) is 0 Å². The predicted octanol–water partition coefficient (Wildman–Crippen LogP) is -0.757. The Bertz CT molecular complexity index is 618. The van der Waals surface area contributed by atoms with Gasteiger partial charge in [-0.05, 0) is 6.07 Å². The molecule has 0 aliphatic heterocycles. The van der Waals surface area contributed by atoms with Crippen molar-refractivity contribution in [1.29, 1.82) is 0 Å². The SMILES string of the molecule is O=C(O)c1cc2c(=O)[nH][nH]c2[nH]c1=O. The van der Waals surface area contributed by atoms with Crippen molar-refractivity contribution in [3.8, 4) is 0 Å². The average molecular weight is 195 g/mol. The molecule has 72 valence electrons. The number of aromatic carboxylic acids is 1. The number of nitrogens with one attached hydrogen (secondary N) is 3. The summed E-state index contributed by atoms with van der Waals surface area (Å²) in [6.45, 7) is 0. The number of carbonyl (C=O) groups is 1. The van der Waals surface area contributed by atoms with E-state index in [1.165, 1.54) is 0 Å². The molecule has 4 N–H and O–H groups in total. The van der Waals surface area contributed by atoms with Crippen molar-refractivity contribution in [1.82, 2.24) is 15.2 Å². The van der Waals surface area contributed by atoms with Gasteiger partial charge in [0.05, 0.1) is 5.39 Å². The fourth-order valence-electron chi connectivity index (χ4n) is 1.15. The number of hydrogen-bond donors (Lipinski definition) is 4. The zero-order chi connectivity index (χ0) is 10.3. The lowest BCUT2D eigenvalue weighted by atomic mass is 10.2. The quantitative estimate of drug-likeness (QED) is 0.478. The molecule has 0 saturated carbocycles. The van der Waals surface area contributed by atoms with Crippen LogP contribution < -0.4 is 11.1 Å². The van der Waals surface area contributed by atoms with Crippen molar-refractivity contribution >= 4 is 17.0 Å². The van der Waals surface area contributed by atoms with Gasteiger partial charge in [0.1, 0.15) is 11.2 Å². The number of H-pyrrole nitrogens is 3. The van der Waals surface area contributed by atoms with E-state index < -0.39 is 22.7 Å². The van der Waals surface area contributed by atoms with Crippen LogP contribution in [0.3, 0.4) is 0 Å². The summed E-state index contributed by atoms with van der Waals surface area (Å²) >= 11 is 0. The number of fused-ring (bicyclic) bond motifs is 1. The highest BCUT2D eigenvalue weighted by Gasteiger charge is 2.11. The van der Waals surface area contributed by atoms with Crippen molar-refractivity contribution < 1.29 is 9.90 Å². The fraction of sp³-hybridized carbons (Fsp3) is 0. The van der Waals surface area contributed by atoms with Gasteiger partial charge >= 0.3 is 5.97 Å². The highest BCUT2D eigenvalue weighted by atomic mass is 16.4. The third kappa shape index (κ3) is 1.03. The summed E-state index contributed by atoms with van der Waals surface area (Å²) in [4.78, 5) is 35.0. The first-order chi connectivity index (χ1) is 6.59. The van der Waals surface area contributed by atoms with Gasteiger partial charge in [0.25, 0.3) is 11.1 Å². The van der Waals surface area contributed by atoms with Gasteiger partial charge in [-0.1, -0.05) is 0 Å². The highest BCUT2D eigenvalue weighted by molar-refractivity contribution is 5.91. The predicted molar refractivity (Wildman–Crippen MR) is 46.5 cm³/mol. The van der Waals surface area contributed by atoms with Gasteiger partial charge in [-0.25, -0.2) is 4.79 Å². The largest absolute Gasteiger partial charge is 0.477 e. The zero-order valence-electron chi connectivity index (χ0n) is 6.75. The summed E-state index contributed by atoms with van der Waals surface area (Å²) in [6, 6.07) is 1.03. The lowest BCUT2D eigenvalue weighted by Crippen LogP contribution is -2.17. The molecule has 0 amide bonds. The van der Waals surface area contributed by atoms with Crippen LogP contribution in [0.1, 0.15) is 10.4 Å². The van der Waals surface area contributed by atoms with E-state index >= 15 is 0 Å². The van der Waals surface area contributed by atoms with E-state index in [0.29, 0.717) is 0 Å². The Morgan fingerprint density at radius 3 is 2.57 bits per heavy atom. The van der Waals surface area contributed by atoms with E-state index in [1.807, 2.05) is 0 Å². The summed E-state index contributed by atoms with van der Waals surface area (Å²) in [7, 11) is 0. The lowest BCUT2D eigenvalue weighted by Gasteiger charge is -1.91. The minimum atomic E-state index is -1.37. The molecular formula is C7H5N3O4. The summed E-state index contributed by atoms with van der Waals surface area (Å²) in [5, 5.41) is 13.4. The molecule has 0 aliphatic rings. The topological polar surface area (TPSA) is 119 Å². The maximum atomic E-state index is 11.1. The molecule has 2 rings (SSSR count). The standard InChI is InChI=1S/C7H5N3O4/c11-5-3(7(13)14)1-2-4(8-5)9-10-6(2)12/h1H,(H,13,14)(H3,8,9,10,11,12). The van der Waals surface area contributed by atoms with E-state index in [0.717, 1.165) is 6.07 Å². The molecule has 0 fully saturated rings. The molecule has 2 aromatic heterocycles. The van der Waals surface area contributed by atoms with Crippen molar-refractivity contribution in [2.75, 3.05) is 0 Å². The van der Waals surface area contributed by atoms with Crippen LogP contribution in [0.15, 0.2) is 15.7 Å². The van der Waals surface area contributed by atoms with Gasteiger partial charge in [-0.15, -0.1) is 0 Å². The van der Waals surface area contributed by atoms with E-state index in [-0.39, 0.29) is 11.0 Å². The molecule has 0 saturated heterocycles. The van der Waals surface area contributed by atoms with Crippen molar-refractivity contribution in [3.05, 3.63) is 32.3 Å². The highest BCUT2D eigenvalue weighted by Crippen LogP contribution is 2.01. The maximum absolute atomic E-state index is 11.1. The Kier molecular flexibility index (Phi) is 1.53. The normalized spacial score (nSPS) is 10.6. The second-order valence-electron chi connectivity index (χ2n) is 2.69. The summed E-state index contributed by atoms with van der Waals surface area (Å²) < 4.78 is 0. The molecule has 0 aliphatic carbocycles. The first kappa shape index (κ1) is 8.30. The smallest absolute Gasteiger partial charge is 0.341 e. The number of carboxylic acid groups (broad SMARTS) is 1. The van der Waals surface area contributed by atoms with Crippen LogP contribution in [0.2, 0.25) is 0 Å². The Balaban J connectivity index is 2.94. The van der Waals surface area contributed by atoms with E-state index in [4.69, 9.17) is 5.11 Å². The molecule has 7 nitrogen and oxygen atoms in total. The maximum Gasteiger partial charge on any atom is 0.341 e. The zero-order valence-corrected chi connectivity index (χ0v) is 6.75. The van der Waals surface area contributed by atoms with E-state index in [2.05, 4.69) is 15.2 Å². The monoisotopic (exact) mass is 195 g/mol. The Hall–Kier alpha value is -2.31. The number of aromatic amines is 3. The summed E-state index contributed by atoms with van der Waals surface area (Å²) in [5.74, 6) is -1.37. The molecule has 0 radical (unpaired) electrons. The number of pyridine rings is 1. The van der Waals surface area contributed by atoms with Crippen LogP contribution in [0.4, 0.5) is 0 Å². The Morgan fingerprint density at radius 2 is 1.93 bits per heavy atom. The first-order valence-corrected chi connectivity index (χ1v) is 3.66. The van der Waals surface area contributed by atoms with Crippen molar-refractivity contribution in [2.45, 2.75) is 0 Å². The Labute approximate surface area is 75.4 Å². The molecule has 2 heterocycles. The molecule has 0 atom stereocenters. The molecule has 7 heteroatoms. The minimum Gasteiger partial charge on any atom is -0.477 e. The third-order valence-corrected chi connectivity index (χ3v) is 1.82. The molecule has 0 spiro atoms. The van der Waals surface area contributed by atoms with E-state index in [9.17, 15) is 14.4 Å². The van der Waals surface area contributed by atoms with Gasteiger partial charge in [0.15, 0.2) is 0 Å². The summed E-state index contributed by atoms with van der Waals surface area (Å²) in [5.41, 5.74) is -1.49. The van der Waals surface area contributed by atoms with Gasteiger partial charge in [-0.2, -0.15) is 0 Å². The average Bonchev–Trinajstić information content (AvgIpc) is 2.46. The van der Waals surface area contributed by atoms with Crippen LogP contribution in [-0.4, -0.2) is 26.3 Å². The molecular weight excluding hydrogens is 190 g/mol. The lowest BCUT2D eigenvalue weighted by molar-refractivity contribution is 0.0695. The van der Waals surface area contributed by atoms with Crippen LogP contribution in [0.5, 0.6) is 0 Å². The Morgan fingerprint density at radius 1 is 1.21 bits per heavy atom. The molecule has 14 heavy (non-hydrogen) atoms. The molecule has 0 aromatic carbocycles. The van der Waals surface area contributed by atoms with Crippen LogP contribution in [-0.2, 0) is 0 Å². The first-order valence-electron chi connectivity index (χ1n) is 3.66. The second-order valence-corrected chi connectivity index (χ2v) is 2.69. The second kappa shape index (κ2) is 2.59. The molecule has 0 bridgehead atoms. The number of hydrogen-bond acceptors (Lipinski definition) is 3.